The van der Waals surface area contributed by atoms with Gasteiger partial charge in [-0.2, -0.15) is 0 Å². The normalized spacial score (nSPS) is 12.2. The number of hydrogen-bond donors (Lipinski definition) is 2. The summed E-state index contributed by atoms with van der Waals surface area (Å²) < 4.78 is 10.4. The van der Waals surface area contributed by atoms with Crippen LogP contribution in [-0.4, -0.2) is 53.0 Å². The molecule has 0 radical (unpaired) electrons. The van der Waals surface area contributed by atoms with Gasteiger partial charge in [0, 0.05) is 32.7 Å². The minimum Gasteiger partial charge on any atom is -0.382 e. The topological polar surface area (TPSA) is 54.9 Å². The summed E-state index contributed by atoms with van der Waals surface area (Å²) in [6, 6.07) is 10.7. The van der Waals surface area contributed by atoms with Crippen LogP contribution in [0.25, 0.3) is 0 Å². The molecule has 0 bridgehead atoms. The molecule has 0 saturated heterocycles. The van der Waals surface area contributed by atoms with Crippen LogP contribution in [0.3, 0.4) is 0 Å². The average Bonchev–Trinajstić information content (AvgIpc) is 2.64. The molecule has 0 atom stereocenters. The van der Waals surface area contributed by atoms with Crippen LogP contribution >= 0.6 is 0 Å². The molecule has 0 saturated carbocycles. The molecule has 2 N–H and O–H groups in total. The fourth-order valence-corrected chi connectivity index (χ4v) is 2.76. The summed E-state index contributed by atoms with van der Waals surface area (Å²) in [6.07, 6.45) is 2.16. The van der Waals surface area contributed by atoms with Crippen molar-refractivity contribution < 1.29 is 9.47 Å². The number of hydrogen-bond acceptors (Lipinski definition) is 3. The Morgan fingerprint density at radius 2 is 1.75 bits per heavy atom. The van der Waals surface area contributed by atoms with Gasteiger partial charge < -0.3 is 20.1 Å². The van der Waals surface area contributed by atoms with E-state index in [0.29, 0.717) is 19.8 Å². The van der Waals surface area contributed by atoms with Crippen LogP contribution in [-0.2, 0) is 14.9 Å². The van der Waals surface area contributed by atoms with E-state index in [1.165, 1.54) is 5.56 Å². The second-order valence-electron chi connectivity index (χ2n) is 5.81. The number of ether oxygens (including phenoxy) is 2. The van der Waals surface area contributed by atoms with Crippen LogP contribution in [0, 0.1) is 0 Å². The molecule has 0 amide bonds. The highest BCUT2D eigenvalue weighted by Crippen LogP contribution is 2.30. The summed E-state index contributed by atoms with van der Waals surface area (Å²) in [5.41, 5.74) is 1.49. The summed E-state index contributed by atoms with van der Waals surface area (Å²) >= 11 is 0. The molecule has 0 aromatic heterocycles. The summed E-state index contributed by atoms with van der Waals surface area (Å²) in [6.45, 7) is 7.95. The van der Waals surface area contributed by atoms with Crippen molar-refractivity contribution in [3.05, 3.63) is 35.9 Å². The third-order valence-corrected chi connectivity index (χ3v) is 4.53. The molecule has 136 valence electrons. The molecule has 1 rings (SSSR count). The van der Waals surface area contributed by atoms with Crippen LogP contribution in [0.15, 0.2) is 35.3 Å². The van der Waals surface area contributed by atoms with Crippen molar-refractivity contribution in [3.63, 3.8) is 0 Å². The molecule has 0 spiro atoms. The number of aliphatic imine (C=N–C) groups is 1. The Morgan fingerprint density at radius 1 is 1.04 bits per heavy atom. The fourth-order valence-electron chi connectivity index (χ4n) is 2.76. The van der Waals surface area contributed by atoms with Crippen molar-refractivity contribution in [3.8, 4) is 0 Å². The maximum atomic E-state index is 5.46. The Balaban J connectivity index is 2.50. The lowest BCUT2D eigenvalue weighted by atomic mass is 9.76. The van der Waals surface area contributed by atoms with Gasteiger partial charge in [-0.25, -0.2) is 0 Å². The maximum absolute atomic E-state index is 5.46. The second kappa shape index (κ2) is 11.9. The lowest BCUT2D eigenvalue weighted by Crippen LogP contribution is -2.46. The zero-order valence-corrected chi connectivity index (χ0v) is 15.6. The highest BCUT2D eigenvalue weighted by Gasteiger charge is 2.28. The van der Waals surface area contributed by atoms with E-state index in [2.05, 4.69) is 59.8 Å². The van der Waals surface area contributed by atoms with E-state index in [1.54, 1.807) is 14.2 Å². The average molecular weight is 335 g/mol. The number of guanidine groups is 1. The lowest BCUT2D eigenvalue weighted by molar-refractivity contribution is 0.0733. The van der Waals surface area contributed by atoms with E-state index < -0.39 is 0 Å². The molecular formula is C19H33N3O2. The molecule has 0 heterocycles. The van der Waals surface area contributed by atoms with Crippen LogP contribution in [0.4, 0.5) is 0 Å². The minimum atomic E-state index is 0.119. The van der Waals surface area contributed by atoms with E-state index >= 15 is 0 Å². The van der Waals surface area contributed by atoms with E-state index in [1.807, 2.05) is 0 Å². The van der Waals surface area contributed by atoms with E-state index in [-0.39, 0.29) is 5.41 Å². The molecule has 0 aliphatic rings. The molecule has 0 aliphatic carbocycles. The first-order valence-corrected chi connectivity index (χ1v) is 8.79. The van der Waals surface area contributed by atoms with Crippen LogP contribution < -0.4 is 10.6 Å². The molecule has 1 aromatic carbocycles. The molecule has 0 unspecified atom stereocenters. The molecule has 1 aromatic rings. The largest absolute Gasteiger partial charge is 0.382 e. The minimum absolute atomic E-state index is 0.119. The van der Waals surface area contributed by atoms with Gasteiger partial charge in [-0.05, 0) is 18.4 Å². The Hall–Kier alpha value is -1.59. The Kier molecular flexibility index (Phi) is 10.1. The first-order chi connectivity index (χ1) is 11.7. The van der Waals surface area contributed by atoms with Crippen molar-refractivity contribution in [1.82, 2.24) is 10.6 Å². The number of methoxy groups -OCH3 is 1. The highest BCUT2D eigenvalue weighted by atomic mass is 16.5. The quantitative estimate of drug-likeness (QED) is 0.371. The van der Waals surface area contributed by atoms with Gasteiger partial charge in [0.25, 0.3) is 0 Å². The van der Waals surface area contributed by atoms with Gasteiger partial charge in [-0.15, -0.1) is 0 Å². The van der Waals surface area contributed by atoms with Crippen LogP contribution in [0.5, 0.6) is 0 Å². The van der Waals surface area contributed by atoms with Gasteiger partial charge in [-0.1, -0.05) is 44.2 Å². The molecule has 24 heavy (non-hydrogen) atoms. The molecule has 5 nitrogen and oxygen atoms in total. The summed E-state index contributed by atoms with van der Waals surface area (Å²) in [4.78, 5) is 4.30. The van der Waals surface area contributed by atoms with Gasteiger partial charge >= 0.3 is 0 Å². The smallest absolute Gasteiger partial charge is 0.191 e. The maximum Gasteiger partial charge on any atom is 0.191 e. The van der Waals surface area contributed by atoms with Crippen LogP contribution in [0.2, 0.25) is 0 Å². The first-order valence-electron chi connectivity index (χ1n) is 8.79. The lowest BCUT2D eigenvalue weighted by Gasteiger charge is -2.33. The van der Waals surface area contributed by atoms with Crippen molar-refractivity contribution in [2.45, 2.75) is 32.1 Å². The number of rotatable bonds is 11. The molecular weight excluding hydrogens is 302 g/mol. The van der Waals surface area contributed by atoms with E-state index in [9.17, 15) is 0 Å². The van der Waals surface area contributed by atoms with Gasteiger partial charge in [0.2, 0.25) is 0 Å². The number of benzene rings is 1. The third-order valence-electron chi connectivity index (χ3n) is 4.53. The summed E-state index contributed by atoms with van der Waals surface area (Å²) in [5.74, 6) is 0.813. The van der Waals surface area contributed by atoms with E-state index in [0.717, 1.165) is 31.9 Å². The Morgan fingerprint density at radius 3 is 2.33 bits per heavy atom. The van der Waals surface area contributed by atoms with Gasteiger partial charge in [0.15, 0.2) is 5.96 Å². The molecule has 5 heteroatoms. The monoisotopic (exact) mass is 335 g/mol. The Bertz CT molecular complexity index is 459. The Labute approximate surface area is 146 Å². The third kappa shape index (κ3) is 6.49. The zero-order chi connectivity index (χ0) is 17.7. The predicted octanol–water partition coefficient (Wildman–Crippen LogP) is 2.57. The zero-order valence-electron chi connectivity index (χ0n) is 15.6. The van der Waals surface area contributed by atoms with Crippen molar-refractivity contribution >= 4 is 5.96 Å². The first kappa shape index (κ1) is 20.5. The van der Waals surface area contributed by atoms with Gasteiger partial charge in [0.05, 0.1) is 19.8 Å². The molecule has 0 aliphatic heterocycles. The predicted molar refractivity (Wildman–Crippen MR) is 101 cm³/mol. The van der Waals surface area contributed by atoms with Gasteiger partial charge in [0.1, 0.15) is 0 Å². The van der Waals surface area contributed by atoms with Crippen molar-refractivity contribution in [2.24, 2.45) is 4.99 Å². The molecule has 0 fully saturated rings. The highest BCUT2D eigenvalue weighted by molar-refractivity contribution is 5.79. The fraction of sp³-hybridized carbons (Fsp3) is 0.632. The van der Waals surface area contributed by atoms with Crippen molar-refractivity contribution in [1.29, 1.82) is 0 Å². The second-order valence-corrected chi connectivity index (χ2v) is 5.81. The SMILES string of the molecule is CCC(CC)(CNC(=NC)NCCOCCOC)c1ccccc1. The van der Waals surface area contributed by atoms with E-state index in [4.69, 9.17) is 9.47 Å². The standard InChI is InChI=1S/C19H33N3O2/c1-5-19(6-2,17-10-8-7-9-11-17)16-22-18(20-3)21-12-13-24-15-14-23-4/h7-11H,5-6,12-16H2,1-4H3,(H2,20,21,22). The number of nitrogens with one attached hydrogen (secondary N) is 2. The summed E-state index contributed by atoms with van der Waals surface area (Å²) in [5, 5.41) is 6.76. The van der Waals surface area contributed by atoms with Crippen molar-refractivity contribution in [2.75, 3.05) is 47.1 Å². The van der Waals surface area contributed by atoms with Crippen LogP contribution in [0.1, 0.15) is 32.3 Å². The summed E-state index contributed by atoms with van der Waals surface area (Å²) in [7, 11) is 3.47. The number of nitrogens with zero attached hydrogens (tertiary/aromatic N) is 1. The van der Waals surface area contributed by atoms with Gasteiger partial charge in [-0.3, -0.25) is 4.99 Å².